The molecule has 0 saturated carbocycles. The van der Waals surface area contributed by atoms with Gasteiger partial charge in [0.25, 0.3) is 0 Å². The summed E-state index contributed by atoms with van der Waals surface area (Å²) in [5.74, 6) is -1.11. The molecule has 1 unspecified atom stereocenters. The fourth-order valence-corrected chi connectivity index (χ4v) is 1.37. The zero-order valence-corrected chi connectivity index (χ0v) is 12.4. The molecule has 0 amide bonds. The van der Waals surface area contributed by atoms with E-state index >= 15 is 0 Å². The summed E-state index contributed by atoms with van der Waals surface area (Å²) >= 11 is 5.61. The topological polar surface area (TPSA) is 52.6 Å². The number of hydrogen-bond donors (Lipinski definition) is 0. The van der Waals surface area contributed by atoms with Gasteiger partial charge in [-0.3, -0.25) is 0 Å². The maximum absolute atomic E-state index is 11.2. The fraction of sp³-hybridized carbons (Fsp3) is 0.714. The monoisotopic (exact) mass is 290 g/mol. The number of alkyl halides is 1. The van der Waals surface area contributed by atoms with Crippen LogP contribution in [0, 0.1) is 0 Å². The third-order valence-electron chi connectivity index (χ3n) is 2.30. The van der Waals surface area contributed by atoms with Crippen molar-refractivity contribution in [2.45, 2.75) is 51.3 Å². The minimum atomic E-state index is -0.590. The van der Waals surface area contributed by atoms with Crippen LogP contribution >= 0.6 is 11.6 Å². The fourth-order valence-electron chi connectivity index (χ4n) is 1.31. The smallest absolute Gasteiger partial charge is 0.331 e. The van der Waals surface area contributed by atoms with E-state index in [1.165, 1.54) is 12.8 Å². The molecule has 0 bridgehead atoms. The summed E-state index contributed by atoms with van der Waals surface area (Å²) in [6.07, 6.45) is 7.59. The molecule has 110 valence electrons. The van der Waals surface area contributed by atoms with Gasteiger partial charge in [-0.25, -0.2) is 9.59 Å². The van der Waals surface area contributed by atoms with Crippen molar-refractivity contribution < 1.29 is 19.1 Å². The summed E-state index contributed by atoms with van der Waals surface area (Å²) in [4.78, 5) is 22.4. The quantitative estimate of drug-likeness (QED) is 0.268. The second kappa shape index (κ2) is 12.0. The lowest BCUT2D eigenvalue weighted by Crippen LogP contribution is -2.10. The Kier molecular flexibility index (Phi) is 11.4. The zero-order chi connectivity index (χ0) is 14.5. The molecule has 0 N–H and O–H groups in total. The Morgan fingerprint density at radius 3 is 2.21 bits per heavy atom. The molecule has 0 saturated heterocycles. The highest BCUT2D eigenvalue weighted by molar-refractivity contribution is 6.20. The highest BCUT2D eigenvalue weighted by Crippen LogP contribution is 2.02. The van der Waals surface area contributed by atoms with E-state index in [4.69, 9.17) is 21.1 Å². The van der Waals surface area contributed by atoms with Gasteiger partial charge >= 0.3 is 11.9 Å². The van der Waals surface area contributed by atoms with Gasteiger partial charge in [0.15, 0.2) is 0 Å². The van der Waals surface area contributed by atoms with Crippen LogP contribution in [0.1, 0.15) is 46.0 Å². The summed E-state index contributed by atoms with van der Waals surface area (Å²) < 4.78 is 9.70. The number of rotatable bonds is 10. The van der Waals surface area contributed by atoms with E-state index in [9.17, 15) is 9.59 Å². The van der Waals surface area contributed by atoms with Gasteiger partial charge < -0.3 is 9.47 Å². The molecule has 0 aromatic heterocycles. The van der Waals surface area contributed by atoms with Crippen molar-refractivity contribution in [1.29, 1.82) is 0 Å². The van der Waals surface area contributed by atoms with E-state index in [0.29, 0.717) is 6.61 Å². The first-order chi connectivity index (χ1) is 9.06. The molecule has 4 nitrogen and oxygen atoms in total. The molecule has 0 aromatic carbocycles. The lowest BCUT2D eigenvalue weighted by molar-refractivity contribution is -0.140. The number of unbranched alkanes of at least 4 members (excludes halogenated alkanes) is 4. The molecule has 0 heterocycles. The predicted molar refractivity (Wildman–Crippen MR) is 75.1 cm³/mol. The number of carbonyl (C=O) groups excluding carboxylic acids is 2. The third-order valence-corrected chi connectivity index (χ3v) is 2.43. The van der Waals surface area contributed by atoms with Crippen molar-refractivity contribution in [2.75, 3.05) is 13.2 Å². The molecule has 1 atom stereocenters. The average Bonchev–Trinajstić information content (AvgIpc) is 2.38. The Hall–Kier alpha value is -1.03. The van der Waals surface area contributed by atoms with E-state index in [1.807, 2.05) is 0 Å². The Bertz CT molecular complexity index is 287. The molecule has 0 aliphatic carbocycles. The van der Waals surface area contributed by atoms with Crippen LogP contribution in [0.3, 0.4) is 0 Å². The van der Waals surface area contributed by atoms with Gasteiger partial charge in [-0.2, -0.15) is 0 Å². The first kappa shape index (κ1) is 18.0. The highest BCUT2D eigenvalue weighted by Gasteiger charge is 2.03. The van der Waals surface area contributed by atoms with Crippen LogP contribution in [0.15, 0.2) is 12.2 Å². The minimum absolute atomic E-state index is 0.122. The van der Waals surface area contributed by atoms with Gasteiger partial charge in [0.05, 0.1) is 12.0 Å². The number of carbonyl (C=O) groups is 2. The maximum atomic E-state index is 11.2. The van der Waals surface area contributed by atoms with E-state index in [2.05, 4.69) is 6.92 Å². The van der Waals surface area contributed by atoms with Crippen molar-refractivity contribution in [3.05, 3.63) is 12.2 Å². The molecule has 0 aliphatic rings. The predicted octanol–water partition coefficient (Wildman–Crippen LogP) is 3.23. The highest BCUT2D eigenvalue weighted by atomic mass is 35.5. The zero-order valence-electron chi connectivity index (χ0n) is 11.7. The van der Waals surface area contributed by atoms with Crippen molar-refractivity contribution in [2.24, 2.45) is 0 Å². The normalized spacial score (nSPS) is 12.4. The van der Waals surface area contributed by atoms with E-state index < -0.39 is 11.9 Å². The van der Waals surface area contributed by atoms with Gasteiger partial charge in [0.1, 0.15) is 6.61 Å². The summed E-state index contributed by atoms with van der Waals surface area (Å²) in [6, 6.07) is 0. The lowest BCUT2D eigenvalue weighted by Gasteiger charge is -2.03. The number of hydrogen-bond acceptors (Lipinski definition) is 4. The van der Waals surface area contributed by atoms with Crippen LogP contribution in [-0.4, -0.2) is 30.5 Å². The van der Waals surface area contributed by atoms with Crippen LogP contribution < -0.4 is 0 Å². The number of halogens is 1. The number of esters is 2. The first-order valence-electron chi connectivity index (χ1n) is 6.72. The third kappa shape index (κ3) is 13.2. The summed E-state index contributed by atoms with van der Waals surface area (Å²) in [7, 11) is 0. The molecular weight excluding hydrogens is 268 g/mol. The van der Waals surface area contributed by atoms with Gasteiger partial charge in [0.2, 0.25) is 0 Å². The Balaban J connectivity index is 3.59. The molecule has 0 aliphatic heterocycles. The summed E-state index contributed by atoms with van der Waals surface area (Å²) in [5.41, 5.74) is 0. The van der Waals surface area contributed by atoms with Gasteiger partial charge in [-0.1, -0.05) is 32.6 Å². The second-order valence-corrected chi connectivity index (χ2v) is 5.07. The van der Waals surface area contributed by atoms with Crippen molar-refractivity contribution in [3.63, 3.8) is 0 Å². The lowest BCUT2D eigenvalue weighted by atomic mass is 10.2. The van der Waals surface area contributed by atoms with Crippen molar-refractivity contribution >= 4 is 23.5 Å². The van der Waals surface area contributed by atoms with Crippen LogP contribution in [0.2, 0.25) is 0 Å². The van der Waals surface area contributed by atoms with Crippen LogP contribution in [-0.2, 0) is 19.1 Å². The second-order valence-electron chi connectivity index (χ2n) is 4.33. The standard InChI is InChI=1S/C14H23ClO4/c1-3-4-5-6-7-10-18-13(16)8-9-14(17)19-11-12(2)15/h8-9,12H,3-7,10-11H2,1-2H3/b9-8+. The van der Waals surface area contributed by atoms with E-state index in [-0.39, 0.29) is 12.0 Å². The molecular formula is C14H23ClO4. The van der Waals surface area contributed by atoms with Gasteiger partial charge in [-0.15, -0.1) is 11.6 Å². The van der Waals surface area contributed by atoms with E-state index in [0.717, 1.165) is 31.4 Å². The van der Waals surface area contributed by atoms with Crippen molar-refractivity contribution in [3.8, 4) is 0 Å². The maximum Gasteiger partial charge on any atom is 0.331 e. The molecule has 0 spiro atoms. The largest absolute Gasteiger partial charge is 0.463 e. The first-order valence-corrected chi connectivity index (χ1v) is 7.15. The van der Waals surface area contributed by atoms with Gasteiger partial charge in [0, 0.05) is 12.2 Å². The SMILES string of the molecule is CCCCCCCOC(=O)/C=C/C(=O)OCC(C)Cl. The molecule has 0 rings (SSSR count). The van der Waals surface area contributed by atoms with E-state index in [1.54, 1.807) is 6.92 Å². The molecule has 0 radical (unpaired) electrons. The molecule has 5 heteroatoms. The summed E-state index contributed by atoms with van der Waals surface area (Å²) in [5, 5.41) is -0.243. The Morgan fingerprint density at radius 2 is 1.63 bits per heavy atom. The average molecular weight is 291 g/mol. The summed E-state index contributed by atoms with van der Waals surface area (Å²) in [6.45, 7) is 4.37. The van der Waals surface area contributed by atoms with Crippen LogP contribution in [0.4, 0.5) is 0 Å². The van der Waals surface area contributed by atoms with Crippen LogP contribution in [0.25, 0.3) is 0 Å². The van der Waals surface area contributed by atoms with Gasteiger partial charge in [-0.05, 0) is 13.3 Å². The molecule has 0 aromatic rings. The van der Waals surface area contributed by atoms with Crippen LogP contribution in [0.5, 0.6) is 0 Å². The number of ether oxygens (including phenoxy) is 2. The molecule has 19 heavy (non-hydrogen) atoms. The molecule has 0 fully saturated rings. The Labute approximate surface area is 120 Å². The minimum Gasteiger partial charge on any atom is -0.463 e. The van der Waals surface area contributed by atoms with Crippen molar-refractivity contribution in [1.82, 2.24) is 0 Å². The Morgan fingerprint density at radius 1 is 1.05 bits per heavy atom.